The number of carbonyl (C=O) groups is 1. The summed E-state index contributed by atoms with van der Waals surface area (Å²) in [7, 11) is 0. The normalized spacial score (nSPS) is 17.6. The van der Waals surface area contributed by atoms with Crippen LogP contribution in [0.3, 0.4) is 0 Å². The van der Waals surface area contributed by atoms with Gasteiger partial charge in [0.1, 0.15) is 5.69 Å². The summed E-state index contributed by atoms with van der Waals surface area (Å²) in [6.07, 6.45) is 5.19. The molecule has 7 nitrogen and oxygen atoms in total. The molecule has 4 heterocycles. The van der Waals surface area contributed by atoms with Crippen LogP contribution in [-0.4, -0.2) is 36.9 Å². The van der Waals surface area contributed by atoms with Gasteiger partial charge in [0.15, 0.2) is 5.65 Å². The zero-order valence-corrected chi connectivity index (χ0v) is 14.7. The molecule has 0 aliphatic carbocycles. The molecule has 1 saturated heterocycles. The van der Waals surface area contributed by atoms with Gasteiger partial charge in [-0.1, -0.05) is 13.0 Å². The molecule has 0 bridgehead atoms. The van der Waals surface area contributed by atoms with Crippen LogP contribution in [0.25, 0.3) is 5.65 Å². The quantitative estimate of drug-likeness (QED) is 0.785. The average molecular weight is 351 g/mol. The Labute approximate surface area is 150 Å². The van der Waals surface area contributed by atoms with Crippen LogP contribution in [0, 0.1) is 0 Å². The summed E-state index contributed by atoms with van der Waals surface area (Å²) in [5.41, 5.74) is 2.52. The Balaban J connectivity index is 1.72. The summed E-state index contributed by atoms with van der Waals surface area (Å²) in [6, 6.07) is 8.67. The second-order valence-electron chi connectivity index (χ2n) is 6.57. The SMILES string of the molecule is CCc1cc(=O)n2[nH]c([C@@H]3CCCCN3C(=O)c3ccccn3)cc2n1. The van der Waals surface area contributed by atoms with E-state index in [9.17, 15) is 9.59 Å². The van der Waals surface area contributed by atoms with E-state index in [1.54, 1.807) is 24.4 Å². The van der Waals surface area contributed by atoms with E-state index in [4.69, 9.17) is 0 Å². The second kappa shape index (κ2) is 6.74. The van der Waals surface area contributed by atoms with E-state index >= 15 is 0 Å². The van der Waals surface area contributed by atoms with Crippen LogP contribution in [0.4, 0.5) is 0 Å². The van der Waals surface area contributed by atoms with Crippen molar-refractivity contribution in [2.75, 3.05) is 6.54 Å². The fourth-order valence-electron chi connectivity index (χ4n) is 3.55. The number of piperidine rings is 1. The van der Waals surface area contributed by atoms with Crippen molar-refractivity contribution in [3.8, 4) is 0 Å². The lowest BCUT2D eigenvalue weighted by atomic mass is 9.99. The number of hydrogen-bond donors (Lipinski definition) is 1. The molecular weight excluding hydrogens is 330 g/mol. The van der Waals surface area contributed by atoms with Crippen molar-refractivity contribution < 1.29 is 4.79 Å². The van der Waals surface area contributed by atoms with Crippen molar-refractivity contribution in [1.29, 1.82) is 0 Å². The lowest BCUT2D eigenvalue weighted by Crippen LogP contribution is -2.39. The number of nitrogens with zero attached hydrogens (tertiary/aromatic N) is 4. The maximum absolute atomic E-state index is 12.9. The highest BCUT2D eigenvalue weighted by Gasteiger charge is 2.30. The summed E-state index contributed by atoms with van der Waals surface area (Å²) in [6.45, 7) is 2.65. The number of hydrogen-bond acceptors (Lipinski definition) is 4. The molecule has 1 amide bonds. The predicted molar refractivity (Wildman–Crippen MR) is 97.1 cm³/mol. The first-order chi connectivity index (χ1) is 12.7. The van der Waals surface area contributed by atoms with Gasteiger partial charge in [0.05, 0.1) is 11.7 Å². The number of amides is 1. The predicted octanol–water partition coefficient (Wildman–Crippen LogP) is 2.35. The smallest absolute Gasteiger partial charge is 0.273 e. The summed E-state index contributed by atoms with van der Waals surface area (Å²) in [5.74, 6) is -0.0801. The van der Waals surface area contributed by atoms with Crippen molar-refractivity contribution in [1.82, 2.24) is 24.5 Å². The zero-order chi connectivity index (χ0) is 18.1. The molecule has 26 heavy (non-hydrogen) atoms. The van der Waals surface area contributed by atoms with E-state index in [0.29, 0.717) is 24.3 Å². The van der Waals surface area contributed by atoms with Gasteiger partial charge in [0.25, 0.3) is 11.5 Å². The van der Waals surface area contributed by atoms with Crippen molar-refractivity contribution in [2.24, 2.45) is 0 Å². The largest absolute Gasteiger partial charge is 0.329 e. The first kappa shape index (κ1) is 16.5. The number of rotatable bonds is 3. The number of carbonyl (C=O) groups excluding carboxylic acids is 1. The molecule has 3 aromatic heterocycles. The molecule has 1 N–H and O–H groups in total. The molecule has 4 rings (SSSR count). The molecule has 0 spiro atoms. The molecule has 7 heteroatoms. The maximum atomic E-state index is 12.9. The minimum atomic E-state index is -0.128. The highest BCUT2D eigenvalue weighted by Crippen LogP contribution is 2.31. The monoisotopic (exact) mass is 351 g/mol. The van der Waals surface area contributed by atoms with Crippen LogP contribution in [0.15, 0.2) is 41.3 Å². The number of likely N-dealkylation sites (tertiary alicyclic amines) is 1. The first-order valence-electron chi connectivity index (χ1n) is 9.01. The molecule has 0 saturated carbocycles. The molecule has 1 fully saturated rings. The third kappa shape index (κ3) is 2.89. The number of aromatic nitrogens is 4. The summed E-state index contributed by atoms with van der Waals surface area (Å²) < 4.78 is 1.45. The van der Waals surface area contributed by atoms with Gasteiger partial charge in [-0.2, -0.15) is 0 Å². The van der Waals surface area contributed by atoms with Crippen molar-refractivity contribution in [2.45, 2.75) is 38.6 Å². The number of aryl methyl sites for hydroxylation is 1. The van der Waals surface area contributed by atoms with Crippen LogP contribution in [0.5, 0.6) is 0 Å². The van der Waals surface area contributed by atoms with Crippen LogP contribution >= 0.6 is 0 Å². The van der Waals surface area contributed by atoms with Gasteiger partial charge in [-0.05, 0) is 37.8 Å². The van der Waals surface area contributed by atoms with Crippen LogP contribution in [-0.2, 0) is 6.42 Å². The van der Waals surface area contributed by atoms with Crippen molar-refractivity contribution >= 4 is 11.6 Å². The van der Waals surface area contributed by atoms with E-state index in [2.05, 4.69) is 15.1 Å². The van der Waals surface area contributed by atoms with Crippen LogP contribution in [0.1, 0.15) is 54.1 Å². The summed E-state index contributed by atoms with van der Waals surface area (Å²) in [5, 5.41) is 3.15. The average Bonchev–Trinajstić information content (AvgIpc) is 3.12. The molecule has 0 aromatic carbocycles. The van der Waals surface area contributed by atoms with E-state index in [0.717, 1.165) is 30.7 Å². The number of nitrogens with one attached hydrogen (secondary N) is 1. The first-order valence-corrected chi connectivity index (χ1v) is 9.01. The number of H-pyrrole nitrogens is 1. The van der Waals surface area contributed by atoms with Gasteiger partial charge < -0.3 is 4.90 Å². The highest BCUT2D eigenvalue weighted by atomic mass is 16.2. The fraction of sp³-hybridized carbons (Fsp3) is 0.368. The van der Waals surface area contributed by atoms with Gasteiger partial charge in [0, 0.05) is 30.6 Å². The zero-order valence-electron chi connectivity index (χ0n) is 14.7. The van der Waals surface area contributed by atoms with Gasteiger partial charge in [-0.3, -0.25) is 19.7 Å². The van der Waals surface area contributed by atoms with Crippen LogP contribution in [0.2, 0.25) is 0 Å². The number of fused-ring (bicyclic) bond motifs is 1. The fourth-order valence-corrected chi connectivity index (χ4v) is 3.55. The maximum Gasteiger partial charge on any atom is 0.273 e. The molecular formula is C19H21N5O2. The minimum Gasteiger partial charge on any atom is -0.329 e. The molecule has 3 aromatic rings. The second-order valence-corrected chi connectivity index (χ2v) is 6.57. The number of pyridine rings is 1. The van der Waals surface area contributed by atoms with Crippen LogP contribution < -0.4 is 5.56 Å². The molecule has 1 aliphatic heterocycles. The van der Waals surface area contributed by atoms with Gasteiger partial charge >= 0.3 is 0 Å². The third-order valence-corrected chi connectivity index (χ3v) is 4.89. The van der Waals surface area contributed by atoms with E-state index in [-0.39, 0.29) is 17.5 Å². The highest BCUT2D eigenvalue weighted by molar-refractivity contribution is 5.92. The van der Waals surface area contributed by atoms with Crippen molar-refractivity contribution in [3.05, 3.63) is 64.0 Å². The summed E-state index contributed by atoms with van der Waals surface area (Å²) in [4.78, 5) is 35.8. The van der Waals surface area contributed by atoms with Gasteiger partial charge in [-0.25, -0.2) is 9.50 Å². The Kier molecular flexibility index (Phi) is 4.28. The van der Waals surface area contributed by atoms with E-state index in [1.807, 2.05) is 24.0 Å². The van der Waals surface area contributed by atoms with E-state index < -0.39 is 0 Å². The Hall–Kier alpha value is -2.96. The molecule has 0 radical (unpaired) electrons. The Morgan fingerprint density at radius 3 is 2.96 bits per heavy atom. The Morgan fingerprint density at radius 2 is 2.19 bits per heavy atom. The molecule has 0 unspecified atom stereocenters. The Bertz CT molecular complexity index is 992. The van der Waals surface area contributed by atoms with Gasteiger partial charge in [-0.15, -0.1) is 0 Å². The standard InChI is InChI=1S/C19H21N5O2/c1-2-13-11-18(25)24-17(21-13)12-15(22-24)16-8-4-6-10-23(16)19(26)14-7-3-5-9-20-14/h3,5,7,9,11-12,16,22H,2,4,6,8,10H2,1H3/t16-/m0/s1. The molecule has 1 aliphatic rings. The minimum absolute atomic E-state index is 0.0801. The Morgan fingerprint density at radius 1 is 1.31 bits per heavy atom. The molecule has 1 atom stereocenters. The lowest BCUT2D eigenvalue weighted by Gasteiger charge is -2.34. The topological polar surface area (TPSA) is 83.4 Å². The van der Waals surface area contributed by atoms with E-state index in [1.165, 1.54) is 4.52 Å². The van der Waals surface area contributed by atoms with Crippen molar-refractivity contribution in [3.63, 3.8) is 0 Å². The summed E-state index contributed by atoms with van der Waals surface area (Å²) >= 11 is 0. The third-order valence-electron chi connectivity index (χ3n) is 4.89. The molecule has 134 valence electrons. The van der Waals surface area contributed by atoms with Gasteiger partial charge in [0.2, 0.25) is 0 Å². The lowest BCUT2D eigenvalue weighted by molar-refractivity contribution is 0.0599. The number of aromatic amines is 1.